The summed E-state index contributed by atoms with van der Waals surface area (Å²) >= 11 is 1.52. The zero-order chi connectivity index (χ0) is 12.5. The summed E-state index contributed by atoms with van der Waals surface area (Å²) in [5, 5.41) is 6.14. The Morgan fingerprint density at radius 2 is 2.18 bits per heavy atom. The maximum absolute atomic E-state index is 11.5. The van der Waals surface area contributed by atoms with Crippen molar-refractivity contribution in [3.05, 3.63) is 24.5 Å². The Kier molecular flexibility index (Phi) is 6.65. The third kappa shape index (κ3) is 6.28. The summed E-state index contributed by atoms with van der Waals surface area (Å²) in [4.78, 5) is 16.5. The lowest BCUT2D eigenvalue weighted by Gasteiger charge is -2.12. The van der Waals surface area contributed by atoms with Crippen molar-refractivity contribution in [1.82, 2.24) is 15.6 Å². The molecule has 0 saturated carbocycles. The molecule has 94 valence electrons. The van der Waals surface area contributed by atoms with E-state index in [0.29, 0.717) is 18.3 Å². The number of aromatic nitrogens is 1. The van der Waals surface area contributed by atoms with Gasteiger partial charge in [0.05, 0.1) is 5.75 Å². The second-order valence-corrected chi connectivity index (χ2v) is 4.78. The molecule has 0 aliphatic heterocycles. The molecule has 0 fully saturated rings. The Labute approximate surface area is 107 Å². The lowest BCUT2D eigenvalue weighted by Crippen LogP contribution is -2.39. The zero-order valence-corrected chi connectivity index (χ0v) is 11.1. The molecule has 0 saturated heterocycles. The number of likely N-dealkylation sites (N-methyl/N-ethyl adjacent to an activating group) is 1. The molecule has 5 heteroatoms. The average molecular weight is 253 g/mol. The monoisotopic (exact) mass is 253 g/mol. The van der Waals surface area contributed by atoms with Crippen molar-refractivity contribution in [2.75, 3.05) is 18.8 Å². The number of amides is 1. The minimum atomic E-state index is 0.0663. The molecular weight excluding hydrogens is 234 g/mol. The Balaban J connectivity index is 2.17. The summed E-state index contributed by atoms with van der Waals surface area (Å²) in [5.41, 5.74) is 0. The lowest BCUT2D eigenvalue weighted by molar-refractivity contribution is -0.118. The van der Waals surface area contributed by atoms with Crippen LogP contribution in [0.15, 0.2) is 29.4 Å². The summed E-state index contributed by atoms with van der Waals surface area (Å²) in [6, 6.07) is 4.12. The van der Waals surface area contributed by atoms with Gasteiger partial charge in [0.1, 0.15) is 0 Å². The molecule has 4 nitrogen and oxygen atoms in total. The van der Waals surface area contributed by atoms with E-state index in [-0.39, 0.29) is 5.91 Å². The highest BCUT2D eigenvalue weighted by Gasteiger charge is 2.04. The minimum absolute atomic E-state index is 0.0663. The number of hydrogen-bond donors (Lipinski definition) is 2. The van der Waals surface area contributed by atoms with Gasteiger partial charge in [-0.25, -0.2) is 0 Å². The second-order valence-electron chi connectivity index (χ2n) is 3.73. The predicted octanol–water partition coefficient (Wildman–Crippen LogP) is 1.29. The van der Waals surface area contributed by atoms with Gasteiger partial charge in [-0.05, 0) is 25.6 Å². The van der Waals surface area contributed by atoms with Gasteiger partial charge in [0.2, 0.25) is 5.91 Å². The summed E-state index contributed by atoms with van der Waals surface area (Å²) < 4.78 is 0. The van der Waals surface area contributed by atoms with Crippen LogP contribution < -0.4 is 10.6 Å². The van der Waals surface area contributed by atoms with E-state index in [2.05, 4.69) is 29.5 Å². The molecule has 17 heavy (non-hydrogen) atoms. The van der Waals surface area contributed by atoms with Crippen LogP contribution in [0.5, 0.6) is 0 Å². The molecule has 2 N–H and O–H groups in total. The number of nitrogens with zero attached hydrogens (tertiary/aromatic N) is 1. The molecule has 0 radical (unpaired) electrons. The number of rotatable bonds is 7. The fourth-order valence-corrected chi connectivity index (χ4v) is 2.04. The highest BCUT2D eigenvalue weighted by atomic mass is 32.2. The normalized spacial score (nSPS) is 12.1. The second kappa shape index (κ2) is 8.08. The summed E-state index contributed by atoms with van der Waals surface area (Å²) in [5.74, 6) is 0.514. The molecule has 0 unspecified atom stereocenters. The van der Waals surface area contributed by atoms with Gasteiger partial charge in [0.25, 0.3) is 0 Å². The molecule has 1 atom stereocenters. The molecule has 0 aliphatic rings. The smallest absolute Gasteiger partial charge is 0.230 e. The van der Waals surface area contributed by atoms with E-state index in [1.54, 1.807) is 12.4 Å². The van der Waals surface area contributed by atoms with E-state index in [1.165, 1.54) is 11.8 Å². The standard InChI is InChI=1S/C12H19N3OS/c1-3-14-10(2)8-15-12(16)9-17-11-4-6-13-7-5-11/h4-7,10,14H,3,8-9H2,1-2H3,(H,15,16)/t10-/m1/s1. The SMILES string of the molecule is CCN[C@H](C)CNC(=O)CSc1ccncc1. The maximum Gasteiger partial charge on any atom is 0.230 e. The summed E-state index contributed by atoms with van der Waals surface area (Å²) in [6.45, 7) is 5.70. The van der Waals surface area contributed by atoms with Crippen molar-refractivity contribution in [2.45, 2.75) is 24.8 Å². The first kappa shape index (κ1) is 14.0. The van der Waals surface area contributed by atoms with Gasteiger partial charge in [-0.2, -0.15) is 0 Å². The van der Waals surface area contributed by atoms with Crippen LogP contribution >= 0.6 is 11.8 Å². The average Bonchev–Trinajstić information content (AvgIpc) is 2.35. The summed E-state index contributed by atoms with van der Waals surface area (Å²) in [7, 11) is 0. The summed E-state index contributed by atoms with van der Waals surface area (Å²) in [6.07, 6.45) is 3.46. The Morgan fingerprint density at radius 1 is 1.47 bits per heavy atom. The lowest BCUT2D eigenvalue weighted by atomic mass is 10.3. The molecular formula is C12H19N3OS. The van der Waals surface area contributed by atoms with Crippen molar-refractivity contribution in [1.29, 1.82) is 0 Å². The van der Waals surface area contributed by atoms with Gasteiger partial charge in [0.15, 0.2) is 0 Å². The van der Waals surface area contributed by atoms with Crippen LogP contribution in [0.4, 0.5) is 0 Å². The topological polar surface area (TPSA) is 54.0 Å². The van der Waals surface area contributed by atoms with E-state index in [4.69, 9.17) is 0 Å². The van der Waals surface area contributed by atoms with E-state index in [1.807, 2.05) is 12.1 Å². The quantitative estimate of drug-likeness (QED) is 0.719. The van der Waals surface area contributed by atoms with Crippen molar-refractivity contribution in [3.63, 3.8) is 0 Å². The molecule has 1 heterocycles. The van der Waals surface area contributed by atoms with Crippen LogP contribution in [0.2, 0.25) is 0 Å². The molecule has 0 bridgehead atoms. The van der Waals surface area contributed by atoms with Crippen molar-refractivity contribution in [2.24, 2.45) is 0 Å². The molecule has 1 aromatic heterocycles. The van der Waals surface area contributed by atoms with Gasteiger partial charge in [-0.15, -0.1) is 11.8 Å². The van der Waals surface area contributed by atoms with Crippen LogP contribution in [0, 0.1) is 0 Å². The molecule has 1 aromatic rings. The number of pyridine rings is 1. The number of carbonyl (C=O) groups is 1. The molecule has 1 rings (SSSR count). The van der Waals surface area contributed by atoms with Crippen LogP contribution in [-0.4, -0.2) is 35.8 Å². The van der Waals surface area contributed by atoms with E-state index in [9.17, 15) is 4.79 Å². The first-order chi connectivity index (χ1) is 8.22. The van der Waals surface area contributed by atoms with Gasteiger partial charge in [-0.1, -0.05) is 6.92 Å². The Morgan fingerprint density at radius 3 is 2.82 bits per heavy atom. The highest BCUT2D eigenvalue weighted by molar-refractivity contribution is 8.00. The Hall–Kier alpha value is -1.07. The highest BCUT2D eigenvalue weighted by Crippen LogP contribution is 2.15. The van der Waals surface area contributed by atoms with Crippen molar-refractivity contribution < 1.29 is 4.79 Å². The van der Waals surface area contributed by atoms with Crippen LogP contribution in [0.25, 0.3) is 0 Å². The van der Waals surface area contributed by atoms with Gasteiger partial charge in [-0.3, -0.25) is 9.78 Å². The van der Waals surface area contributed by atoms with Gasteiger partial charge < -0.3 is 10.6 Å². The predicted molar refractivity (Wildman–Crippen MR) is 71.1 cm³/mol. The van der Waals surface area contributed by atoms with E-state index >= 15 is 0 Å². The molecule has 0 aromatic carbocycles. The fraction of sp³-hybridized carbons (Fsp3) is 0.500. The third-order valence-corrected chi connectivity index (χ3v) is 3.19. The molecule has 1 amide bonds. The number of thioether (sulfide) groups is 1. The first-order valence-electron chi connectivity index (χ1n) is 5.75. The fourth-order valence-electron chi connectivity index (χ4n) is 1.32. The van der Waals surface area contributed by atoms with Gasteiger partial charge >= 0.3 is 0 Å². The maximum atomic E-state index is 11.5. The first-order valence-corrected chi connectivity index (χ1v) is 6.73. The molecule has 0 spiro atoms. The third-order valence-electron chi connectivity index (χ3n) is 2.18. The van der Waals surface area contributed by atoms with Crippen LogP contribution in [-0.2, 0) is 4.79 Å². The van der Waals surface area contributed by atoms with Crippen LogP contribution in [0.1, 0.15) is 13.8 Å². The van der Waals surface area contributed by atoms with Crippen molar-refractivity contribution in [3.8, 4) is 0 Å². The van der Waals surface area contributed by atoms with Gasteiger partial charge in [0, 0.05) is 29.9 Å². The van der Waals surface area contributed by atoms with E-state index < -0.39 is 0 Å². The minimum Gasteiger partial charge on any atom is -0.354 e. The number of carbonyl (C=O) groups excluding carboxylic acids is 1. The van der Waals surface area contributed by atoms with E-state index in [0.717, 1.165) is 11.4 Å². The largest absolute Gasteiger partial charge is 0.354 e. The van der Waals surface area contributed by atoms with Crippen LogP contribution in [0.3, 0.4) is 0 Å². The number of nitrogens with one attached hydrogen (secondary N) is 2. The zero-order valence-electron chi connectivity index (χ0n) is 10.3. The molecule has 0 aliphatic carbocycles. The van der Waals surface area contributed by atoms with Crippen molar-refractivity contribution >= 4 is 17.7 Å². The Bertz CT molecular complexity index is 332. The number of hydrogen-bond acceptors (Lipinski definition) is 4.